The predicted octanol–water partition coefficient (Wildman–Crippen LogP) is 1.22. The van der Waals surface area contributed by atoms with E-state index < -0.39 is 0 Å². The van der Waals surface area contributed by atoms with Crippen molar-refractivity contribution < 1.29 is 19.1 Å². The van der Waals surface area contributed by atoms with Crippen molar-refractivity contribution in [3.05, 3.63) is 36.0 Å². The molecule has 2 aromatic rings. The molecule has 0 spiro atoms. The first-order chi connectivity index (χ1) is 12.2. The van der Waals surface area contributed by atoms with Crippen molar-refractivity contribution in [2.24, 2.45) is 0 Å². The highest BCUT2D eigenvalue weighted by Crippen LogP contribution is 2.25. The number of nitrogens with zero attached hydrogens (tertiary/aromatic N) is 2. The first kappa shape index (κ1) is 17.2. The van der Waals surface area contributed by atoms with Crippen LogP contribution >= 0.6 is 0 Å². The van der Waals surface area contributed by atoms with Crippen LogP contribution in [0.25, 0.3) is 10.8 Å². The highest BCUT2D eigenvalue weighted by Gasteiger charge is 2.22. The summed E-state index contributed by atoms with van der Waals surface area (Å²) in [6.07, 6.45) is 0.302. The van der Waals surface area contributed by atoms with E-state index in [0.29, 0.717) is 50.8 Å². The molecule has 1 aliphatic rings. The average molecular weight is 343 g/mol. The van der Waals surface area contributed by atoms with Crippen molar-refractivity contribution in [1.82, 2.24) is 15.2 Å². The molecule has 1 aliphatic heterocycles. The molecular formula is C18H21N3O4. The van der Waals surface area contributed by atoms with Crippen molar-refractivity contribution >= 4 is 22.6 Å². The lowest BCUT2D eigenvalue weighted by Crippen LogP contribution is -2.34. The van der Waals surface area contributed by atoms with Gasteiger partial charge in [-0.1, -0.05) is 18.2 Å². The minimum atomic E-state index is -0.196. The molecule has 1 N–H and O–H groups in total. The summed E-state index contributed by atoms with van der Waals surface area (Å²) in [5.41, 5.74) is 0.320. The first-order valence-electron chi connectivity index (χ1n) is 8.26. The van der Waals surface area contributed by atoms with Crippen molar-refractivity contribution in [3.63, 3.8) is 0 Å². The maximum Gasteiger partial charge on any atom is 0.272 e. The van der Waals surface area contributed by atoms with Gasteiger partial charge >= 0.3 is 0 Å². The Balaban J connectivity index is 1.89. The third-order valence-electron chi connectivity index (χ3n) is 4.05. The van der Waals surface area contributed by atoms with Crippen molar-refractivity contribution in [3.8, 4) is 5.88 Å². The molecule has 2 amide bonds. The molecule has 132 valence electrons. The van der Waals surface area contributed by atoms with Gasteiger partial charge in [-0.05, 0) is 17.5 Å². The zero-order chi connectivity index (χ0) is 17.6. The number of carbonyl (C=O) groups is 2. The summed E-state index contributed by atoms with van der Waals surface area (Å²) in [4.78, 5) is 30.4. The number of hydrogen-bond donors (Lipinski definition) is 1. The Bertz CT molecular complexity index is 778. The lowest BCUT2D eigenvalue weighted by molar-refractivity contribution is -0.120. The van der Waals surface area contributed by atoms with Crippen LogP contribution in [0, 0.1) is 0 Å². The Morgan fingerprint density at radius 3 is 2.96 bits per heavy atom. The van der Waals surface area contributed by atoms with Gasteiger partial charge in [0.2, 0.25) is 11.8 Å². The van der Waals surface area contributed by atoms with E-state index in [4.69, 9.17) is 9.47 Å². The minimum absolute atomic E-state index is 0.0367. The fourth-order valence-corrected chi connectivity index (χ4v) is 2.74. The summed E-state index contributed by atoms with van der Waals surface area (Å²) >= 11 is 0. The van der Waals surface area contributed by atoms with Gasteiger partial charge in [0.1, 0.15) is 12.3 Å². The quantitative estimate of drug-likeness (QED) is 0.826. The Morgan fingerprint density at radius 2 is 2.12 bits per heavy atom. The normalized spacial score (nSPS) is 14.9. The van der Waals surface area contributed by atoms with Gasteiger partial charge in [0.25, 0.3) is 5.91 Å². The van der Waals surface area contributed by atoms with Crippen molar-refractivity contribution in [2.75, 3.05) is 40.0 Å². The fraction of sp³-hybridized carbons (Fsp3) is 0.389. The number of fused-ring (bicyclic) bond motifs is 1. The Hall–Kier alpha value is -2.67. The fourth-order valence-electron chi connectivity index (χ4n) is 2.74. The maximum atomic E-state index is 12.8. The summed E-state index contributed by atoms with van der Waals surface area (Å²) in [7, 11) is 1.60. The highest BCUT2D eigenvalue weighted by molar-refractivity contribution is 5.98. The lowest BCUT2D eigenvalue weighted by atomic mass is 10.1. The summed E-state index contributed by atoms with van der Waals surface area (Å²) in [5, 5.41) is 4.50. The lowest BCUT2D eigenvalue weighted by Gasteiger charge is -2.19. The second-order valence-electron chi connectivity index (χ2n) is 5.77. The number of aromatic nitrogens is 1. The number of ether oxygens (including phenoxy) is 2. The summed E-state index contributed by atoms with van der Waals surface area (Å²) < 4.78 is 10.7. The number of benzene rings is 1. The van der Waals surface area contributed by atoms with Crippen LogP contribution in [0.1, 0.15) is 16.9 Å². The second kappa shape index (κ2) is 7.94. The molecule has 0 unspecified atom stereocenters. The largest absolute Gasteiger partial charge is 0.475 e. The summed E-state index contributed by atoms with van der Waals surface area (Å²) in [6.45, 7) is 2.11. The molecule has 0 bridgehead atoms. The number of hydrogen-bond acceptors (Lipinski definition) is 5. The average Bonchev–Trinajstić information content (AvgIpc) is 2.85. The van der Waals surface area contributed by atoms with Crippen LogP contribution in [0.5, 0.6) is 5.88 Å². The zero-order valence-corrected chi connectivity index (χ0v) is 14.2. The number of nitrogens with one attached hydrogen (secondary N) is 1. The Morgan fingerprint density at radius 1 is 1.28 bits per heavy atom. The SMILES string of the molecule is COCCOc1nc(C(=O)N2CCNC(=O)CC2)cc2ccccc12. The molecule has 7 nitrogen and oxygen atoms in total. The monoisotopic (exact) mass is 343 g/mol. The van der Waals surface area contributed by atoms with Crippen LogP contribution in [0.2, 0.25) is 0 Å². The molecule has 3 rings (SSSR count). The van der Waals surface area contributed by atoms with Gasteiger partial charge in [0.15, 0.2) is 0 Å². The predicted molar refractivity (Wildman–Crippen MR) is 92.6 cm³/mol. The van der Waals surface area contributed by atoms with E-state index in [0.717, 1.165) is 10.8 Å². The van der Waals surface area contributed by atoms with E-state index >= 15 is 0 Å². The first-order valence-corrected chi connectivity index (χ1v) is 8.26. The van der Waals surface area contributed by atoms with E-state index in [-0.39, 0.29) is 11.8 Å². The van der Waals surface area contributed by atoms with Gasteiger partial charge in [-0.15, -0.1) is 0 Å². The summed E-state index contributed by atoms with van der Waals surface area (Å²) in [6, 6.07) is 9.41. The second-order valence-corrected chi connectivity index (χ2v) is 5.77. The summed E-state index contributed by atoms with van der Waals surface area (Å²) in [5.74, 6) is 0.187. The maximum absolute atomic E-state index is 12.8. The van der Waals surface area contributed by atoms with Crippen LogP contribution in [0.3, 0.4) is 0 Å². The zero-order valence-electron chi connectivity index (χ0n) is 14.2. The molecule has 0 aliphatic carbocycles. The van der Waals surface area contributed by atoms with Crippen LogP contribution in [-0.2, 0) is 9.53 Å². The molecule has 0 atom stereocenters. The topological polar surface area (TPSA) is 80.8 Å². The third-order valence-corrected chi connectivity index (χ3v) is 4.05. The molecule has 25 heavy (non-hydrogen) atoms. The number of methoxy groups -OCH3 is 1. The molecule has 1 saturated heterocycles. The van der Waals surface area contributed by atoms with Crippen molar-refractivity contribution in [1.29, 1.82) is 0 Å². The molecule has 1 aromatic heterocycles. The molecule has 0 saturated carbocycles. The third kappa shape index (κ3) is 4.06. The molecule has 0 radical (unpaired) electrons. The van der Waals surface area contributed by atoms with Gasteiger partial charge in [-0.25, -0.2) is 4.98 Å². The van der Waals surface area contributed by atoms with E-state index in [9.17, 15) is 9.59 Å². The Labute approximate surface area is 145 Å². The Kier molecular flexibility index (Phi) is 5.45. The van der Waals surface area contributed by atoms with Gasteiger partial charge < -0.3 is 19.7 Å². The molecular weight excluding hydrogens is 322 g/mol. The van der Waals surface area contributed by atoms with Gasteiger partial charge in [-0.3, -0.25) is 9.59 Å². The van der Waals surface area contributed by atoms with E-state index in [1.165, 1.54) is 0 Å². The minimum Gasteiger partial charge on any atom is -0.475 e. The number of pyridine rings is 1. The van der Waals surface area contributed by atoms with E-state index in [1.807, 2.05) is 24.3 Å². The van der Waals surface area contributed by atoms with Gasteiger partial charge in [0.05, 0.1) is 6.61 Å². The standard InChI is InChI=1S/C18H21N3O4/c1-24-10-11-25-17-14-5-3-2-4-13(14)12-15(20-17)18(23)21-8-6-16(22)19-7-9-21/h2-5,12H,6-11H2,1H3,(H,19,22). The number of rotatable bonds is 5. The molecule has 7 heteroatoms. The molecule has 1 fully saturated rings. The van der Waals surface area contributed by atoms with Gasteiger partial charge in [-0.2, -0.15) is 0 Å². The smallest absolute Gasteiger partial charge is 0.272 e. The van der Waals surface area contributed by atoms with Crippen LogP contribution in [0.4, 0.5) is 0 Å². The van der Waals surface area contributed by atoms with E-state index in [1.54, 1.807) is 18.1 Å². The number of carbonyl (C=O) groups excluding carboxylic acids is 2. The van der Waals surface area contributed by atoms with Gasteiger partial charge in [0, 0.05) is 38.6 Å². The van der Waals surface area contributed by atoms with Crippen LogP contribution in [0.15, 0.2) is 30.3 Å². The molecule has 1 aromatic carbocycles. The number of amides is 2. The van der Waals surface area contributed by atoms with Crippen molar-refractivity contribution in [2.45, 2.75) is 6.42 Å². The van der Waals surface area contributed by atoms with Crippen LogP contribution < -0.4 is 10.1 Å². The molecule has 2 heterocycles. The van der Waals surface area contributed by atoms with Crippen LogP contribution in [-0.4, -0.2) is 61.7 Å². The van der Waals surface area contributed by atoms with E-state index in [2.05, 4.69) is 10.3 Å². The highest BCUT2D eigenvalue weighted by atomic mass is 16.5.